The normalized spacial score (nSPS) is 12.7. The van der Waals surface area contributed by atoms with Gasteiger partial charge in [0.2, 0.25) is 0 Å². The average molecular weight is 130 g/mol. The first-order valence-corrected chi connectivity index (χ1v) is 3.25. The lowest BCUT2D eigenvalue weighted by Crippen LogP contribution is -2.25. The second-order valence-corrected chi connectivity index (χ2v) is 4.50. The van der Waals surface area contributed by atoms with Gasteiger partial charge in [-0.1, -0.05) is 49.0 Å². The van der Waals surface area contributed by atoms with E-state index in [1.165, 1.54) is 0 Å². The SMILES string of the molecule is C.CC(C)(C)C(C)(C)C. The molecule has 0 fully saturated rings. The minimum atomic E-state index is 0. The monoisotopic (exact) mass is 130 g/mol. The van der Waals surface area contributed by atoms with Gasteiger partial charge in [0, 0.05) is 0 Å². The van der Waals surface area contributed by atoms with E-state index in [1.807, 2.05) is 0 Å². The molecule has 58 valence electrons. The molecule has 0 atom stereocenters. The van der Waals surface area contributed by atoms with Crippen LogP contribution >= 0.6 is 0 Å². The summed E-state index contributed by atoms with van der Waals surface area (Å²) in [4.78, 5) is 0. The van der Waals surface area contributed by atoms with Crippen molar-refractivity contribution in [1.82, 2.24) is 0 Å². The Hall–Kier alpha value is 0. The van der Waals surface area contributed by atoms with E-state index in [-0.39, 0.29) is 7.43 Å². The Morgan fingerprint density at radius 3 is 0.667 bits per heavy atom. The minimum Gasteiger partial charge on any atom is -0.0776 e. The van der Waals surface area contributed by atoms with Crippen LogP contribution in [0.2, 0.25) is 0 Å². The summed E-state index contributed by atoms with van der Waals surface area (Å²) in [5, 5.41) is 0. The molecule has 0 unspecified atom stereocenters. The van der Waals surface area contributed by atoms with Gasteiger partial charge >= 0.3 is 0 Å². The molecule has 0 heterocycles. The summed E-state index contributed by atoms with van der Waals surface area (Å²) in [5.74, 6) is 0. The Morgan fingerprint density at radius 2 is 0.667 bits per heavy atom. The molecule has 0 heteroatoms. The Kier molecular flexibility index (Phi) is 3.56. The first kappa shape index (κ1) is 11.8. The highest BCUT2D eigenvalue weighted by Gasteiger charge is 2.26. The van der Waals surface area contributed by atoms with Gasteiger partial charge in [-0.3, -0.25) is 0 Å². The van der Waals surface area contributed by atoms with Crippen molar-refractivity contribution >= 4 is 0 Å². The summed E-state index contributed by atoms with van der Waals surface area (Å²) in [6.07, 6.45) is 0. The van der Waals surface area contributed by atoms with E-state index >= 15 is 0 Å². The van der Waals surface area contributed by atoms with Crippen LogP contribution in [0.5, 0.6) is 0 Å². The molecule has 0 radical (unpaired) electrons. The molecule has 0 amide bonds. The molecular formula is C9H22. The average Bonchev–Trinajstić information content (AvgIpc) is 1.25. The van der Waals surface area contributed by atoms with Gasteiger partial charge in [-0.15, -0.1) is 0 Å². The standard InChI is InChI=1S/C8H18.CH4/c1-7(2,3)8(4,5)6;/h1-6H3;1H4. The van der Waals surface area contributed by atoms with Crippen LogP contribution in [0.3, 0.4) is 0 Å². The fourth-order valence-electron chi connectivity index (χ4n) is 0. The Bertz CT molecular complexity index is 55.0. The zero-order valence-corrected chi connectivity index (χ0v) is 7.00. The lowest BCUT2D eigenvalue weighted by molar-refractivity contribution is 0.157. The van der Waals surface area contributed by atoms with Gasteiger partial charge < -0.3 is 0 Å². The lowest BCUT2D eigenvalue weighted by atomic mass is 9.71. The van der Waals surface area contributed by atoms with Crippen molar-refractivity contribution in [2.24, 2.45) is 10.8 Å². The lowest BCUT2D eigenvalue weighted by Gasteiger charge is -2.34. The fraction of sp³-hybridized carbons (Fsp3) is 1.00. The molecule has 0 aromatic heterocycles. The largest absolute Gasteiger partial charge is 0.0776 e. The van der Waals surface area contributed by atoms with E-state index in [0.29, 0.717) is 10.8 Å². The summed E-state index contributed by atoms with van der Waals surface area (Å²) in [6.45, 7) is 13.6. The molecular weight excluding hydrogens is 108 g/mol. The van der Waals surface area contributed by atoms with Gasteiger partial charge in [0.25, 0.3) is 0 Å². The minimum absolute atomic E-state index is 0. The molecule has 0 aliphatic rings. The van der Waals surface area contributed by atoms with Crippen LogP contribution in [-0.2, 0) is 0 Å². The predicted octanol–water partition coefficient (Wildman–Crippen LogP) is 3.71. The first-order valence-electron chi connectivity index (χ1n) is 3.25. The summed E-state index contributed by atoms with van der Waals surface area (Å²) in [6, 6.07) is 0. The van der Waals surface area contributed by atoms with Gasteiger partial charge in [-0.2, -0.15) is 0 Å². The maximum Gasteiger partial charge on any atom is -0.0334 e. The fourth-order valence-corrected chi connectivity index (χ4v) is 0. The third kappa shape index (κ3) is 3.56. The highest BCUT2D eigenvalue weighted by Crippen LogP contribution is 2.36. The molecule has 0 spiro atoms. The third-order valence-electron chi connectivity index (χ3n) is 2.25. The highest BCUT2D eigenvalue weighted by molar-refractivity contribution is 4.76. The second-order valence-electron chi connectivity index (χ2n) is 4.50. The molecule has 0 aromatic rings. The predicted molar refractivity (Wildman–Crippen MR) is 45.6 cm³/mol. The topological polar surface area (TPSA) is 0 Å². The van der Waals surface area contributed by atoms with Crippen molar-refractivity contribution in [3.63, 3.8) is 0 Å². The van der Waals surface area contributed by atoms with E-state index in [1.54, 1.807) is 0 Å². The molecule has 0 N–H and O–H groups in total. The molecule has 0 saturated heterocycles. The van der Waals surface area contributed by atoms with Crippen molar-refractivity contribution < 1.29 is 0 Å². The van der Waals surface area contributed by atoms with Gasteiger partial charge in [0.1, 0.15) is 0 Å². The molecule has 0 aliphatic heterocycles. The highest BCUT2D eigenvalue weighted by atomic mass is 14.3. The Balaban J connectivity index is 0. The second kappa shape index (κ2) is 2.72. The smallest absolute Gasteiger partial charge is 0.0334 e. The van der Waals surface area contributed by atoms with Gasteiger partial charge in [0.15, 0.2) is 0 Å². The zero-order valence-electron chi connectivity index (χ0n) is 7.00. The van der Waals surface area contributed by atoms with Crippen LogP contribution in [-0.4, -0.2) is 0 Å². The summed E-state index contributed by atoms with van der Waals surface area (Å²) in [5.41, 5.74) is 0.875. The van der Waals surface area contributed by atoms with E-state index in [9.17, 15) is 0 Å². The molecule has 0 aliphatic carbocycles. The molecule has 0 rings (SSSR count). The van der Waals surface area contributed by atoms with Crippen molar-refractivity contribution in [2.75, 3.05) is 0 Å². The van der Waals surface area contributed by atoms with E-state index in [0.717, 1.165) is 0 Å². The van der Waals surface area contributed by atoms with Crippen molar-refractivity contribution in [3.8, 4) is 0 Å². The zero-order chi connectivity index (χ0) is 7.00. The molecule has 0 aromatic carbocycles. The number of hydrogen-bond acceptors (Lipinski definition) is 0. The van der Waals surface area contributed by atoms with Crippen molar-refractivity contribution in [2.45, 2.75) is 49.0 Å². The number of hydrogen-bond donors (Lipinski definition) is 0. The van der Waals surface area contributed by atoms with E-state index in [2.05, 4.69) is 41.5 Å². The first-order chi connectivity index (χ1) is 3.25. The molecule has 0 saturated carbocycles. The third-order valence-corrected chi connectivity index (χ3v) is 2.25. The van der Waals surface area contributed by atoms with Crippen LogP contribution in [0.25, 0.3) is 0 Å². The number of rotatable bonds is 0. The quantitative estimate of drug-likeness (QED) is 0.469. The van der Waals surface area contributed by atoms with Crippen LogP contribution in [0.15, 0.2) is 0 Å². The van der Waals surface area contributed by atoms with Crippen LogP contribution < -0.4 is 0 Å². The Labute approximate surface area is 60.7 Å². The maximum absolute atomic E-state index is 2.27. The summed E-state index contributed by atoms with van der Waals surface area (Å²) < 4.78 is 0. The van der Waals surface area contributed by atoms with E-state index < -0.39 is 0 Å². The maximum atomic E-state index is 2.27. The van der Waals surface area contributed by atoms with Crippen molar-refractivity contribution in [1.29, 1.82) is 0 Å². The van der Waals surface area contributed by atoms with E-state index in [4.69, 9.17) is 0 Å². The van der Waals surface area contributed by atoms with Gasteiger partial charge in [-0.25, -0.2) is 0 Å². The van der Waals surface area contributed by atoms with Gasteiger partial charge in [-0.05, 0) is 10.8 Å². The molecule has 0 bridgehead atoms. The summed E-state index contributed by atoms with van der Waals surface area (Å²) in [7, 11) is 0. The van der Waals surface area contributed by atoms with Crippen LogP contribution in [0, 0.1) is 10.8 Å². The summed E-state index contributed by atoms with van der Waals surface area (Å²) >= 11 is 0. The van der Waals surface area contributed by atoms with Crippen molar-refractivity contribution in [3.05, 3.63) is 0 Å². The Morgan fingerprint density at radius 1 is 0.556 bits per heavy atom. The van der Waals surface area contributed by atoms with Crippen LogP contribution in [0.4, 0.5) is 0 Å². The van der Waals surface area contributed by atoms with Gasteiger partial charge in [0.05, 0.1) is 0 Å². The molecule has 0 nitrogen and oxygen atoms in total. The van der Waals surface area contributed by atoms with Crippen LogP contribution in [0.1, 0.15) is 49.0 Å². The molecule has 9 heavy (non-hydrogen) atoms.